The lowest BCUT2D eigenvalue weighted by Crippen LogP contribution is -2.29. The maximum absolute atomic E-state index is 12.8. The molecule has 0 saturated carbocycles. The first-order valence-electron chi connectivity index (χ1n) is 6.51. The molecule has 0 saturated heterocycles. The van der Waals surface area contributed by atoms with Crippen molar-refractivity contribution in [2.45, 2.75) is 6.54 Å². The Hall–Kier alpha value is -1.72. The summed E-state index contributed by atoms with van der Waals surface area (Å²) in [5.41, 5.74) is 1.73. The van der Waals surface area contributed by atoms with Crippen molar-refractivity contribution in [3.8, 4) is 0 Å². The molecule has 0 radical (unpaired) electrons. The van der Waals surface area contributed by atoms with Gasteiger partial charge in [0, 0.05) is 16.7 Å². The van der Waals surface area contributed by atoms with Crippen LogP contribution in [0.25, 0.3) is 0 Å². The first-order chi connectivity index (χ1) is 10.0. The molecule has 3 nitrogen and oxygen atoms in total. The molecule has 0 spiro atoms. The summed E-state index contributed by atoms with van der Waals surface area (Å²) in [5, 5.41) is 2.74. The van der Waals surface area contributed by atoms with Crippen LogP contribution in [0.15, 0.2) is 53.0 Å². The van der Waals surface area contributed by atoms with E-state index in [0.29, 0.717) is 12.2 Å². The molecule has 2 aromatic carbocycles. The molecule has 21 heavy (non-hydrogen) atoms. The second-order valence-electron chi connectivity index (χ2n) is 4.85. The predicted octanol–water partition coefficient (Wildman–Crippen LogP) is 3.66. The molecule has 0 fully saturated rings. The predicted molar refractivity (Wildman–Crippen MR) is 85.5 cm³/mol. The van der Waals surface area contributed by atoms with Crippen LogP contribution in [0.2, 0.25) is 0 Å². The van der Waals surface area contributed by atoms with Crippen LogP contribution in [0.5, 0.6) is 0 Å². The summed E-state index contributed by atoms with van der Waals surface area (Å²) in [5.74, 6) is -0.443. The number of amides is 1. The Balaban J connectivity index is 1.84. The molecule has 1 amide bonds. The molecule has 2 rings (SSSR count). The molecule has 0 aliphatic heterocycles. The van der Waals surface area contributed by atoms with Crippen molar-refractivity contribution < 1.29 is 9.18 Å². The molecular weight excluding hydrogens is 335 g/mol. The maximum atomic E-state index is 12.8. The van der Waals surface area contributed by atoms with Crippen LogP contribution in [-0.4, -0.2) is 24.4 Å². The number of carbonyl (C=O) groups excluding carboxylic acids is 1. The molecule has 0 bridgehead atoms. The monoisotopic (exact) mass is 350 g/mol. The Morgan fingerprint density at radius 2 is 1.76 bits per heavy atom. The standard InChI is InChI=1S/C16H16BrFN2O/c1-20(10-12-2-4-13(17)5-3-12)11-16(21)19-15-8-6-14(18)7-9-15/h2-9H,10-11H2,1H3,(H,19,21). The molecule has 5 heteroatoms. The van der Waals surface area contributed by atoms with Gasteiger partial charge in [0.1, 0.15) is 5.82 Å². The summed E-state index contributed by atoms with van der Waals surface area (Å²) in [7, 11) is 1.88. The van der Waals surface area contributed by atoms with Gasteiger partial charge in [0.25, 0.3) is 0 Å². The van der Waals surface area contributed by atoms with E-state index in [4.69, 9.17) is 0 Å². The van der Waals surface area contributed by atoms with Gasteiger partial charge in [0.15, 0.2) is 0 Å². The average Bonchev–Trinajstić information content (AvgIpc) is 2.44. The molecule has 110 valence electrons. The third kappa shape index (κ3) is 5.28. The van der Waals surface area contributed by atoms with E-state index in [1.54, 1.807) is 12.1 Å². The largest absolute Gasteiger partial charge is 0.325 e. The van der Waals surface area contributed by atoms with E-state index in [-0.39, 0.29) is 18.3 Å². The normalized spacial score (nSPS) is 10.7. The summed E-state index contributed by atoms with van der Waals surface area (Å²) < 4.78 is 13.8. The number of likely N-dealkylation sites (N-methyl/N-ethyl adjacent to an activating group) is 1. The van der Waals surface area contributed by atoms with Crippen LogP contribution < -0.4 is 5.32 Å². The van der Waals surface area contributed by atoms with Gasteiger partial charge in [-0.15, -0.1) is 0 Å². The van der Waals surface area contributed by atoms with E-state index in [1.807, 2.05) is 36.2 Å². The van der Waals surface area contributed by atoms with Crippen molar-refractivity contribution >= 4 is 27.5 Å². The van der Waals surface area contributed by atoms with Crippen LogP contribution in [0, 0.1) is 5.82 Å². The highest BCUT2D eigenvalue weighted by atomic mass is 79.9. The van der Waals surface area contributed by atoms with Crippen molar-refractivity contribution in [3.63, 3.8) is 0 Å². The number of nitrogens with zero attached hydrogens (tertiary/aromatic N) is 1. The quantitative estimate of drug-likeness (QED) is 0.892. The average molecular weight is 351 g/mol. The highest BCUT2D eigenvalue weighted by Crippen LogP contribution is 2.12. The zero-order valence-electron chi connectivity index (χ0n) is 11.6. The van der Waals surface area contributed by atoms with E-state index in [9.17, 15) is 9.18 Å². The van der Waals surface area contributed by atoms with Gasteiger partial charge in [-0.3, -0.25) is 9.69 Å². The van der Waals surface area contributed by atoms with Gasteiger partial charge in [-0.2, -0.15) is 0 Å². The van der Waals surface area contributed by atoms with Crippen molar-refractivity contribution in [2.24, 2.45) is 0 Å². The number of halogens is 2. The Morgan fingerprint density at radius 3 is 2.38 bits per heavy atom. The number of nitrogens with one attached hydrogen (secondary N) is 1. The zero-order chi connectivity index (χ0) is 15.2. The topological polar surface area (TPSA) is 32.3 Å². The van der Waals surface area contributed by atoms with Gasteiger partial charge >= 0.3 is 0 Å². The lowest BCUT2D eigenvalue weighted by Gasteiger charge is -2.16. The fourth-order valence-electron chi connectivity index (χ4n) is 1.94. The highest BCUT2D eigenvalue weighted by molar-refractivity contribution is 9.10. The second kappa shape index (κ2) is 7.33. The molecule has 0 heterocycles. The molecule has 0 aliphatic rings. The minimum Gasteiger partial charge on any atom is -0.325 e. The fraction of sp³-hybridized carbons (Fsp3) is 0.188. The van der Waals surface area contributed by atoms with Gasteiger partial charge in [-0.05, 0) is 49.0 Å². The summed E-state index contributed by atoms with van der Waals surface area (Å²) in [6, 6.07) is 13.7. The fourth-order valence-corrected chi connectivity index (χ4v) is 2.20. The van der Waals surface area contributed by atoms with Gasteiger partial charge in [0.05, 0.1) is 6.54 Å². The number of hydrogen-bond acceptors (Lipinski definition) is 2. The van der Waals surface area contributed by atoms with Crippen LogP contribution in [0.4, 0.5) is 10.1 Å². The third-order valence-corrected chi connectivity index (χ3v) is 3.44. The van der Waals surface area contributed by atoms with E-state index < -0.39 is 0 Å². The minimum absolute atomic E-state index is 0.124. The number of rotatable bonds is 5. The van der Waals surface area contributed by atoms with E-state index in [2.05, 4.69) is 21.2 Å². The molecule has 0 aliphatic carbocycles. The Morgan fingerprint density at radius 1 is 1.14 bits per heavy atom. The molecule has 0 unspecified atom stereocenters. The van der Waals surface area contributed by atoms with Crippen LogP contribution in [-0.2, 0) is 11.3 Å². The van der Waals surface area contributed by atoms with E-state index in [0.717, 1.165) is 10.0 Å². The summed E-state index contributed by atoms with van der Waals surface area (Å²) >= 11 is 3.39. The van der Waals surface area contributed by atoms with Crippen molar-refractivity contribution in [3.05, 3.63) is 64.4 Å². The van der Waals surface area contributed by atoms with E-state index in [1.165, 1.54) is 12.1 Å². The zero-order valence-corrected chi connectivity index (χ0v) is 13.2. The smallest absolute Gasteiger partial charge is 0.238 e. The van der Waals surface area contributed by atoms with Crippen molar-refractivity contribution in [1.82, 2.24) is 4.90 Å². The van der Waals surface area contributed by atoms with E-state index >= 15 is 0 Å². The number of carbonyl (C=O) groups is 1. The van der Waals surface area contributed by atoms with Crippen LogP contribution in [0.3, 0.4) is 0 Å². The molecule has 2 aromatic rings. The first kappa shape index (κ1) is 15.7. The molecule has 1 N–H and O–H groups in total. The van der Waals surface area contributed by atoms with Gasteiger partial charge in [-0.25, -0.2) is 4.39 Å². The van der Waals surface area contributed by atoms with Gasteiger partial charge in [-0.1, -0.05) is 28.1 Å². The van der Waals surface area contributed by atoms with Crippen LogP contribution in [0.1, 0.15) is 5.56 Å². The second-order valence-corrected chi connectivity index (χ2v) is 5.77. The Kier molecular flexibility index (Phi) is 5.47. The summed E-state index contributed by atoms with van der Waals surface area (Å²) in [4.78, 5) is 13.8. The lowest BCUT2D eigenvalue weighted by molar-refractivity contribution is -0.117. The van der Waals surface area contributed by atoms with Crippen molar-refractivity contribution in [2.75, 3.05) is 18.9 Å². The minimum atomic E-state index is -0.319. The Bertz CT molecular complexity index is 599. The first-order valence-corrected chi connectivity index (χ1v) is 7.30. The molecule has 0 aromatic heterocycles. The van der Waals surface area contributed by atoms with Gasteiger partial charge in [0.2, 0.25) is 5.91 Å². The number of anilines is 1. The van der Waals surface area contributed by atoms with Crippen molar-refractivity contribution in [1.29, 1.82) is 0 Å². The maximum Gasteiger partial charge on any atom is 0.238 e. The summed E-state index contributed by atoms with van der Waals surface area (Å²) in [6.45, 7) is 0.956. The van der Waals surface area contributed by atoms with Gasteiger partial charge < -0.3 is 5.32 Å². The Labute approximate surface area is 131 Å². The lowest BCUT2D eigenvalue weighted by atomic mass is 10.2. The number of hydrogen-bond donors (Lipinski definition) is 1. The van der Waals surface area contributed by atoms with Crippen LogP contribution >= 0.6 is 15.9 Å². The number of benzene rings is 2. The summed E-state index contributed by atoms with van der Waals surface area (Å²) in [6.07, 6.45) is 0. The molecule has 0 atom stereocenters. The third-order valence-electron chi connectivity index (χ3n) is 2.91. The highest BCUT2D eigenvalue weighted by Gasteiger charge is 2.07. The molecular formula is C16H16BrFN2O. The SMILES string of the molecule is CN(CC(=O)Nc1ccc(F)cc1)Cc1ccc(Br)cc1.